The van der Waals surface area contributed by atoms with Gasteiger partial charge in [-0.2, -0.15) is 15.0 Å². The largest absolute Gasteiger partial charge is 0.392 e. The number of nitrogens with zero attached hydrogens (tertiary/aromatic N) is 3. The van der Waals surface area contributed by atoms with Crippen LogP contribution in [0.5, 0.6) is 0 Å². The van der Waals surface area contributed by atoms with Gasteiger partial charge in [-0.1, -0.05) is 39.0 Å². The number of anilines is 4. The van der Waals surface area contributed by atoms with Crippen molar-refractivity contribution >= 4 is 23.3 Å². The van der Waals surface area contributed by atoms with E-state index in [1.165, 1.54) is 0 Å². The molecule has 0 saturated heterocycles. The van der Waals surface area contributed by atoms with Crippen LogP contribution in [0.25, 0.3) is 0 Å². The van der Waals surface area contributed by atoms with Crippen molar-refractivity contribution in [3.8, 4) is 0 Å². The number of allylic oxidation sites excluding steroid dienone is 2. The maximum atomic E-state index is 9.96. The maximum Gasteiger partial charge on any atom is 0.232 e. The first-order chi connectivity index (χ1) is 19.3. The Morgan fingerprint density at radius 1 is 0.927 bits per heavy atom. The van der Waals surface area contributed by atoms with Crippen LogP contribution in [-0.4, -0.2) is 49.8 Å². The molecule has 226 valence electrons. The highest BCUT2D eigenvalue weighted by Crippen LogP contribution is 2.28. The Bertz CT molecular complexity index is 1200. The fraction of sp³-hybridized carbons (Fsp3) is 0.594. The van der Waals surface area contributed by atoms with Crippen molar-refractivity contribution < 1.29 is 5.11 Å². The predicted octanol–water partition coefficient (Wildman–Crippen LogP) is 6.21. The van der Waals surface area contributed by atoms with E-state index in [1.807, 2.05) is 12.1 Å². The first-order valence-electron chi connectivity index (χ1n) is 15.0. The fourth-order valence-corrected chi connectivity index (χ4v) is 4.62. The number of aliphatic hydroxyl groups excluding tert-OH is 1. The second kappa shape index (κ2) is 13.8. The topological polar surface area (TPSA) is 119 Å². The Hall–Kier alpha value is -3.01. The standard InChI is InChI=1S/C32H52N8O/c1-10-31(8,11-2)40-26-18-14-16-24(20-26)35-29-37-27(32(9,12-3)33-21-22(4)41)36-28(38-29)34-23-15-13-17-25(19-23)39-30(5,6)7/h13-18,20,22,25,33,39-41H,10-12,19,21H2,1-9H3,(H2,34,35,36,37,38). The molecule has 0 amide bonds. The number of nitrogens with one attached hydrogen (secondary N) is 5. The second-order valence-corrected chi connectivity index (χ2v) is 12.7. The van der Waals surface area contributed by atoms with Gasteiger partial charge < -0.3 is 31.7 Å². The minimum atomic E-state index is -0.558. The molecule has 0 saturated carbocycles. The average Bonchev–Trinajstić information content (AvgIpc) is 2.91. The Kier molecular flexibility index (Phi) is 10.9. The summed E-state index contributed by atoms with van der Waals surface area (Å²) in [6, 6.07) is 8.42. The van der Waals surface area contributed by atoms with Gasteiger partial charge in [-0.25, -0.2) is 0 Å². The Morgan fingerprint density at radius 2 is 1.59 bits per heavy atom. The fourth-order valence-electron chi connectivity index (χ4n) is 4.62. The first-order valence-corrected chi connectivity index (χ1v) is 15.0. The number of aliphatic hydroxyl groups is 1. The zero-order valence-electron chi connectivity index (χ0n) is 26.5. The molecule has 0 fully saturated rings. The number of aromatic nitrogens is 3. The lowest BCUT2D eigenvalue weighted by molar-refractivity contribution is 0.170. The molecule has 3 rings (SSSR count). The third-order valence-corrected chi connectivity index (χ3v) is 7.72. The van der Waals surface area contributed by atoms with Crippen molar-refractivity contribution in [2.75, 3.05) is 22.5 Å². The van der Waals surface area contributed by atoms with Crippen molar-refractivity contribution in [2.24, 2.45) is 0 Å². The molecule has 3 unspecified atom stereocenters. The number of hydrogen-bond acceptors (Lipinski definition) is 9. The van der Waals surface area contributed by atoms with Gasteiger partial charge in [0.1, 0.15) is 0 Å². The van der Waals surface area contributed by atoms with E-state index in [0.717, 1.165) is 42.8 Å². The smallest absolute Gasteiger partial charge is 0.232 e. The molecule has 1 heterocycles. The summed E-state index contributed by atoms with van der Waals surface area (Å²) >= 11 is 0. The molecule has 1 aromatic carbocycles. The lowest BCUT2D eigenvalue weighted by atomic mass is 9.95. The molecule has 0 bridgehead atoms. The van der Waals surface area contributed by atoms with E-state index >= 15 is 0 Å². The summed E-state index contributed by atoms with van der Waals surface area (Å²) in [5.74, 6) is 1.54. The van der Waals surface area contributed by atoms with E-state index in [0.29, 0.717) is 24.3 Å². The minimum absolute atomic E-state index is 0.00240. The molecule has 3 atom stereocenters. The SMILES string of the molecule is CCC(C)(CC)Nc1cccc(Nc2nc(NC3=CC=CC(NC(C)(C)C)C3)nc(C(C)(CC)NCC(C)O)n2)c1. The van der Waals surface area contributed by atoms with Gasteiger partial charge in [0.2, 0.25) is 11.9 Å². The molecule has 9 heteroatoms. The third-order valence-electron chi connectivity index (χ3n) is 7.72. The van der Waals surface area contributed by atoms with Crippen LogP contribution in [0.3, 0.4) is 0 Å². The summed E-state index contributed by atoms with van der Waals surface area (Å²) in [6.45, 7) is 19.5. The van der Waals surface area contributed by atoms with Crippen LogP contribution in [0, 0.1) is 0 Å². The highest BCUT2D eigenvalue weighted by molar-refractivity contribution is 5.62. The molecule has 2 aromatic rings. The third kappa shape index (κ3) is 9.80. The van der Waals surface area contributed by atoms with Crippen molar-refractivity contribution in [2.45, 2.75) is 117 Å². The van der Waals surface area contributed by atoms with Crippen molar-refractivity contribution in [3.63, 3.8) is 0 Å². The first kappa shape index (κ1) is 32.5. The van der Waals surface area contributed by atoms with Gasteiger partial charge in [0.15, 0.2) is 5.82 Å². The van der Waals surface area contributed by atoms with Gasteiger partial charge in [0, 0.05) is 47.2 Å². The highest BCUT2D eigenvalue weighted by atomic mass is 16.3. The second-order valence-electron chi connectivity index (χ2n) is 12.7. The van der Waals surface area contributed by atoms with E-state index in [-0.39, 0.29) is 17.1 Å². The van der Waals surface area contributed by atoms with Crippen LogP contribution in [-0.2, 0) is 5.54 Å². The summed E-state index contributed by atoms with van der Waals surface area (Å²) in [4.78, 5) is 14.5. The summed E-state index contributed by atoms with van der Waals surface area (Å²) in [5.41, 5.74) is 2.42. The van der Waals surface area contributed by atoms with Gasteiger partial charge in [-0.3, -0.25) is 0 Å². The highest BCUT2D eigenvalue weighted by Gasteiger charge is 2.30. The lowest BCUT2D eigenvalue weighted by Crippen LogP contribution is -2.44. The minimum Gasteiger partial charge on any atom is -0.392 e. The molecular formula is C32H52N8O. The predicted molar refractivity (Wildman–Crippen MR) is 172 cm³/mol. The van der Waals surface area contributed by atoms with Crippen LogP contribution in [0.4, 0.5) is 23.3 Å². The zero-order chi connectivity index (χ0) is 30.3. The van der Waals surface area contributed by atoms with E-state index in [9.17, 15) is 5.11 Å². The van der Waals surface area contributed by atoms with Gasteiger partial charge in [-0.05, 0) is 85.1 Å². The van der Waals surface area contributed by atoms with Gasteiger partial charge in [-0.15, -0.1) is 0 Å². The zero-order valence-corrected chi connectivity index (χ0v) is 26.5. The van der Waals surface area contributed by atoms with Gasteiger partial charge in [0.05, 0.1) is 11.6 Å². The molecular weight excluding hydrogens is 512 g/mol. The summed E-state index contributed by atoms with van der Waals surface area (Å²) in [6.07, 6.45) is 9.40. The van der Waals surface area contributed by atoms with Crippen LogP contribution in [0.1, 0.15) is 93.8 Å². The van der Waals surface area contributed by atoms with Crippen molar-refractivity contribution in [3.05, 3.63) is 54.0 Å². The van der Waals surface area contributed by atoms with Gasteiger partial charge >= 0.3 is 0 Å². The molecule has 1 aliphatic carbocycles. The Morgan fingerprint density at radius 3 is 2.20 bits per heavy atom. The molecule has 41 heavy (non-hydrogen) atoms. The van der Waals surface area contributed by atoms with Crippen LogP contribution in [0.15, 0.2) is 48.2 Å². The van der Waals surface area contributed by atoms with Crippen molar-refractivity contribution in [1.82, 2.24) is 25.6 Å². The quantitative estimate of drug-likeness (QED) is 0.159. The lowest BCUT2D eigenvalue weighted by Gasteiger charge is -2.30. The molecule has 6 N–H and O–H groups in total. The summed E-state index contributed by atoms with van der Waals surface area (Å²) in [5, 5.41) is 27.6. The number of benzene rings is 1. The normalized spacial score (nSPS) is 17.9. The molecule has 0 spiro atoms. The number of rotatable bonds is 14. The van der Waals surface area contributed by atoms with Crippen LogP contribution >= 0.6 is 0 Å². The molecule has 9 nitrogen and oxygen atoms in total. The molecule has 0 radical (unpaired) electrons. The molecule has 0 aliphatic heterocycles. The van der Waals surface area contributed by atoms with Crippen LogP contribution in [0.2, 0.25) is 0 Å². The molecule has 1 aliphatic rings. The average molecular weight is 565 g/mol. The van der Waals surface area contributed by atoms with E-state index in [1.54, 1.807) is 6.92 Å². The van der Waals surface area contributed by atoms with E-state index in [2.05, 4.69) is 112 Å². The van der Waals surface area contributed by atoms with Gasteiger partial charge in [0.25, 0.3) is 0 Å². The Labute approximate surface area is 247 Å². The molecule has 1 aromatic heterocycles. The monoisotopic (exact) mass is 564 g/mol. The Balaban J connectivity index is 1.93. The van der Waals surface area contributed by atoms with Crippen molar-refractivity contribution in [1.29, 1.82) is 0 Å². The summed E-state index contributed by atoms with van der Waals surface area (Å²) < 4.78 is 0. The van der Waals surface area contributed by atoms with Crippen LogP contribution < -0.4 is 26.6 Å². The van der Waals surface area contributed by atoms with E-state index in [4.69, 9.17) is 15.0 Å². The maximum absolute atomic E-state index is 9.96. The van der Waals surface area contributed by atoms with E-state index < -0.39 is 11.6 Å². The number of hydrogen-bond donors (Lipinski definition) is 6. The summed E-state index contributed by atoms with van der Waals surface area (Å²) in [7, 11) is 0.